The maximum Gasteiger partial charge on any atom is 0.417 e. The van der Waals surface area contributed by atoms with E-state index in [-0.39, 0.29) is 37.7 Å². The number of sulfonamides is 1. The number of morpholine rings is 1. The highest BCUT2D eigenvalue weighted by atomic mass is 32.2. The van der Waals surface area contributed by atoms with Crippen LogP contribution in [0, 0.1) is 0 Å². The van der Waals surface area contributed by atoms with E-state index in [1.165, 1.54) is 6.07 Å². The predicted octanol–water partition coefficient (Wildman–Crippen LogP) is 3.18. The van der Waals surface area contributed by atoms with Gasteiger partial charge in [0.05, 0.1) is 23.7 Å². The van der Waals surface area contributed by atoms with Crippen LogP contribution in [0.4, 0.5) is 13.2 Å². The normalized spacial score (nSPS) is 16.0. The summed E-state index contributed by atoms with van der Waals surface area (Å²) in [4.78, 5) is 2.09. The number of hydrogen-bond donors (Lipinski definition) is 1. The van der Waals surface area contributed by atoms with Crippen LogP contribution in [0.5, 0.6) is 0 Å². The molecule has 0 bridgehead atoms. The number of aromatic nitrogens is 3. The highest BCUT2D eigenvalue weighted by molar-refractivity contribution is 7.89. The number of rotatable bonds is 4. The maximum atomic E-state index is 13.8. The summed E-state index contributed by atoms with van der Waals surface area (Å²) >= 11 is 0. The quantitative estimate of drug-likeness (QED) is 0.676. The first-order chi connectivity index (χ1) is 14.3. The Balaban J connectivity index is 1.75. The van der Waals surface area contributed by atoms with Crippen molar-refractivity contribution in [2.45, 2.75) is 11.1 Å². The first kappa shape index (κ1) is 20.5. The number of alkyl halides is 3. The molecular weight excluding hydrogens is 421 g/mol. The molecule has 1 fully saturated rings. The van der Waals surface area contributed by atoms with Crippen LogP contribution in [0.3, 0.4) is 0 Å². The van der Waals surface area contributed by atoms with Gasteiger partial charge in [0.15, 0.2) is 11.6 Å². The fourth-order valence-corrected chi connectivity index (χ4v) is 4.77. The first-order valence-electron chi connectivity index (χ1n) is 9.04. The third kappa shape index (κ3) is 3.95. The van der Waals surface area contributed by atoms with Crippen LogP contribution in [0.25, 0.3) is 22.8 Å². The lowest BCUT2D eigenvalue weighted by atomic mass is 10.1. The zero-order valence-electron chi connectivity index (χ0n) is 15.6. The molecule has 0 aliphatic carbocycles. The molecule has 0 amide bonds. The van der Waals surface area contributed by atoms with Crippen molar-refractivity contribution in [2.75, 3.05) is 26.3 Å². The molecular formula is C19H17F3N4O3S. The molecule has 1 saturated heterocycles. The van der Waals surface area contributed by atoms with Crippen molar-refractivity contribution in [3.8, 4) is 22.8 Å². The number of H-pyrrole nitrogens is 1. The smallest absolute Gasteiger partial charge is 0.379 e. The van der Waals surface area contributed by atoms with Crippen LogP contribution in [-0.4, -0.2) is 54.2 Å². The SMILES string of the molecule is O=S(=O)(c1ccc(-c2nnc(-c3ccccc3)[nH]2)cc1C(F)(F)F)N1CCOCC1. The van der Waals surface area contributed by atoms with E-state index in [2.05, 4.69) is 15.2 Å². The number of nitrogens with one attached hydrogen (secondary N) is 1. The van der Waals surface area contributed by atoms with Gasteiger partial charge in [-0.1, -0.05) is 30.3 Å². The summed E-state index contributed by atoms with van der Waals surface area (Å²) in [7, 11) is -4.33. The van der Waals surface area contributed by atoms with Crippen LogP contribution in [0.2, 0.25) is 0 Å². The van der Waals surface area contributed by atoms with Crippen LogP contribution < -0.4 is 0 Å². The van der Waals surface area contributed by atoms with Gasteiger partial charge in [0.25, 0.3) is 0 Å². The van der Waals surface area contributed by atoms with Gasteiger partial charge in [0.1, 0.15) is 0 Å². The molecule has 1 N–H and O–H groups in total. The summed E-state index contributed by atoms with van der Waals surface area (Å²) in [6.45, 7) is 0.284. The Morgan fingerprint density at radius 2 is 1.57 bits per heavy atom. The Kier molecular flexibility index (Phi) is 5.35. The van der Waals surface area contributed by atoms with Gasteiger partial charge in [0, 0.05) is 24.2 Å². The minimum Gasteiger partial charge on any atom is -0.379 e. The Labute approximate surface area is 170 Å². The molecule has 0 radical (unpaired) electrons. The topological polar surface area (TPSA) is 88.2 Å². The molecule has 2 heterocycles. The fourth-order valence-electron chi connectivity index (χ4n) is 3.17. The Morgan fingerprint density at radius 3 is 2.20 bits per heavy atom. The summed E-state index contributed by atoms with van der Waals surface area (Å²) < 4.78 is 73.0. The van der Waals surface area contributed by atoms with Crippen molar-refractivity contribution in [3.63, 3.8) is 0 Å². The summed E-state index contributed by atoms with van der Waals surface area (Å²) in [5.41, 5.74) is -0.444. The largest absolute Gasteiger partial charge is 0.417 e. The Hall–Kier alpha value is -2.76. The lowest BCUT2D eigenvalue weighted by Crippen LogP contribution is -2.41. The van der Waals surface area contributed by atoms with E-state index < -0.39 is 26.7 Å². The number of nitrogens with zero attached hydrogens (tertiary/aromatic N) is 3. The van der Waals surface area contributed by atoms with E-state index in [9.17, 15) is 21.6 Å². The molecule has 11 heteroatoms. The van der Waals surface area contributed by atoms with Crippen LogP contribution in [0.1, 0.15) is 5.56 Å². The van der Waals surface area contributed by atoms with E-state index in [1.54, 1.807) is 24.3 Å². The van der Waals surface area contributed by atoms with E-state index in [1.807, 2.05) is 6.07 Å². The standard InChI is InChI=1S/C19H17F3N4O3S/c20-19(21,22)15-12-14(18-23-17(24-25-18)13-4-2-1-3-5-13)6-7-16(15)30(27,28)26-8-10-29-11-9-26/h1-7,12H,8-11H2,(H,23,24,25). The van der Waals surface area contributed by atoms with Gasteiger partial charge in [-0.25, -0.2) is 8.42 Å². The van der Waals surface area contributed by atoms with Gasteiger partial charge in [0.2, 0.25) is 10.0 Å². The summed E-state index contributed by atoms with van der Waals surface area (Å²) in [5.74, 6) is 0.499. The molecule has 0 spiro atoms. The summed E-state index contributed by atoms with van der Waals surface area (Å²) in [6.07, 6.45) is -4.87. The van der Waals surface area contributed by atoms with Gasteiger partial charge in [-0.05, 0) is 18.2 Å². The third-order valence-electron chi connectivity index (χ3n) is 4.68. The van der Waals surface area contributed by atoms with E-state index in [4.69, 9.17) is 4.74 Å². The second-order valence-corrected chi connectivity index (χ2v) is 8.52. The van der Waals surface area contributed by atoms with Gasteiger partial charge in [-0.3, -0.25) is 0 Å². The molecule has 0 saturated carbocycles. The second kappa shape index (κ2) is 7.82. The zero-order chi connectivity index (χ0) is 21.4. The molecule has 1 aliphatic rings. The Morgan fingerprint density at radius 1 is 0.933 bits per heavy atom. The van der Waals surface area contributed by atoms with Crippen molar-refractivity contribution in [3.05, 3.63) is 54.1 Å². The molecule has 1 aliphatic heterocycles. The predicted molar refractivity (Wildman–Crippen MR) is 102 cm³/mol. The van der Waals surface area contributed by atoms with Crippen molar-refractivity contribution in [2.24, 2.45) is 0 Å². The lowest BCUT2D eigenvalue weighted by Gasteiger charge is -2.27. The van der Waals surface area contributed by atoms with E-state index in [0.717, 1.165) is 22.0 Å². The monoisotopic (exact) mass is 438 g/mol. The van der Waals surface area contributed by atoms with Crippen molar-refractivity contribution in [1.82, 2.24) is 19.5 Å². The molecule has 0 atom stereocenters. The zero-order valence-corrected chi connectivity index (χ0v) is 16.4. The molecule has 2 aromatic carbocycles. The fraction of sp³-hybridized carbons (Fsp3) is 0.263. The Bertz CT molecular complexity index is 1140. The average molecular weight is 438 g/mol. The summed E-state index contributed by atoms with van der Waals surface area (Å²) in [6, 6.07) is 12.0. The molecule has 1 aromatic heterocycles. The summed E-state index contributed by atoms with van der Waals surface area (Å²) in [5, 5.41) is 7.89. The van der Waals surface area contributed by atoms with Crippen LogP contribution >= 0.6 is 0 Å². The lowest BCUT2D eigenvalue weighted by molar-refractivity contribution is -0.139. The second-order valence-electron chi connectivity index (χ2n) is 6.61. The molecule has 0 unspecified atom stereocenters. The highest BCUT2D eigenvalue weighted by Gasteiger charge is 2.40. The number of halogens is 3. The third-order valence-corrected chi connectivity index (χ3v) is 6.64. The van der Waals surface area contributed by atoms with Gasteiger partial charge >= 0.3 is 6.18 Å². The first-order valence-corrected chi connectivity index (χ1v) is 10.5. The van der Waals surface area contributed by atoms with E-state index >= 15 is 0 Å². The molecule has 3 aromatic rings. The van der Waals surface area contributed by atoms with E-state index in [0.29, 0.717) is 5.82 Å². The van der Waals surface area contributed by atoms with Crippen molar-refractivity contribution < 1.29 is 26.3 Å². The highest BCUT2D eigenvalue weighted by Crippen LogP contribution is 2.37. The average Bonchev–Trinajstić information content (AvgIpc) is 3.24. The number of hydrogen-bond acceptors (Lipinski definition) is 5. The molecule has 7 nitrogen and oxygen atoms in total. The van der Waals surface area contributed by atoms with Crippen molar-refractivity contribution in [1.29, 1.82) is 0 Å². The van der Waals surface area contributed by atoms with Gasteiger partial charge in [-0.2, -0.15) is 17.5 Å². The molecule has 4 rings (SSSR count). The molecule has 30 heavy (non-hydrogen) atoms. The minimum atomic E-state index is -4.87. The van der Waals surface area contributed by atoms with Crippen molar-refractivity contribution >= 4 is 10.0 Å². The number of benzene rings is 2. The van der Waals surface area contributed by atoms with Crippen LogP contribution in [-0.2, 0) is 20.9 Å². The van der Waals surface area contributed by atoms with Gasteiger partial charge < -0.3 is 9.72 Å². The maximum absolute atomic E-state index is 13.8. The van der Waals surface area contributed by atoms with Gasteiger partial charge in [-0.15, -0.1) is 10.2 Å². The minimum absolute atomic E-state index is 0.00389. The van der Waals surface area contributed by atoms with Crippen LogP contribution in [0.15, 0.2) is 53.4 Å². The number of aromatic amines is 1. The number of ether oxygens (including phenoxy) is 1. The molecule has 158 valence electrons.